The normalized spacial score (nSPS) is 13.8. The summed E-state index contributed by atoms with van der Waals surface area (Å²) in [6.45, 7) is 4.34. The molecule has 0 aliphatic carbocycles. The van der Waals surface area contributed by atoms with Crippen LogP contribution in [0.4, 0.5) is 15.8 Å². The highest BCUT2D eigenvalue weighted by atomic mass is 19.1. The van der Waals surface area contributed by atoms with Crippen LogP contribution in [-0.2, 0) is 4.79 Å². The van der Waals surface area contributed by atoms with E-state index in [1.807, 2.05) is 19.1 Å². The zero-order valence-corrected chi connectivity index (χ0v) is 16.4. The van der Waals surface area contributed by atoms with Gasteiger partial charge in [0.1, 0.15) is 5.82 Å². The molecule has 0 radical (unpaired) electrons. The Kier molecular flexibility index (Phi) is 4.92. The number of benzene rings is 2. The summed E-state index contributed by atoms with van der Waals surface area (Å²) in [7, 11) is 0. The van der Waals surface area contributed by atoms with Crippen LogP contribution in [0.2, 0.25) is 0 Å². The molecule has 2 amide bonds. The fourth-order valence-electron chi connectivity index (χ4n) is 3.87. The van der Waals surface area contributed by atoms with Gasteiger partial charge in [0.2, 0.25) is 5.91 Å². The number of anilines is 2. The molecule has 0 atom stereocenters. The van der Waals surface area contributed by atoms with E-state index in [0.717, 1.165) is 17.8 Å². The molecule has 1 N–H and O–H groups in total. The minimum absolute atomic E-state index is 0.0990. The molecule has 0 saturated carbocycles. The van der Waals surface area contributed by atoms with Crippen LogP contribution in [0.3, 0.4) is 0 Å². The molecule has 6 heteroatoms. The summed E-state index contributed by atoms with van der Waals surface area (Å²) in [5, 5.41) is 2.90. The average molecular weight is 391 g/mol. The van der Waals surface area contributed by atoms with Crippen molar-refractivity contribution in [3.05, 3.63) is 77.4 Å². The second kappa shape index (κ2) is 7.54. The van der Waals surface area contributed by atoms with Crippen molar-refractivity contribution < 1.29 is 14.0 Å². The van der Waals surface area contributed by atoms with Crippen molar-refractivity contribution in [3.63, 3.8) is 0 Å². The first-order valence-corrected chi connectivity index (χ1v) is 9.61. The quantitative estimate of drug-likeness (QED) is 0.706. The zero-order valence-electron chi connectivity index (χ0n) is 16.4. The van der Waals surface area contributed by atoms with Gasteiger partial charge in [-0.25, -0.2) is 4.39 Å². The number of nitrogens with one attached hydrogen (secondary N) is 1. The van der Waals surface area contributed by atoms with Crippen LogP contribution in [0.25, 0.3) is 5.69 Å². The van der Waals surface area contributed by atoms with Gasteiger partial charge in [0, 0.05) is 35.7 Å². The molecule has 0 bridgehead atoms. The Hall–Kier alpha value is -3.41. The monoisotopic (exact) mass is 391 g/mol. The predicted molar refractivity (Wildman–Crippen MR) is 111 cm³/mol. The number of amides is 2. The van der Waals surface area contributed by atoms with Gasteiger partial charge in [0.05, 0.1) is 11.3 Å². The number of rotatable bonds is 4. The Labute approximate surface area is 168 Å². The Bertz CT molecular complexity index is 1100. The van der Waals surface area contributed by atoms with Crippen LogP contribution in [0.1, 0.15) is 34.6 Å². The van der Waals surface area contributed by atoms with E-state index in [1.165, 1.54) is 6.07 Å². The largest absolute Gasteiger partial charge is 0.322 e. The van der Waals surface area contributed by atoms with Crippen molar-refractivity contribution >= 4 is 23.2 Å². The van der Waals surface area contributed by atoms with Crippen molar-refractivity contribution in [1.82, 2.24) is 4.57 Å². The summed E-state index contributed by atoms with van der Waals surface area (Å²) < 4.78 is 16.0. The summed E-state index contributed by atoms with van der Waals surface area (Å²) in [5.41, 5.74) is 3.72. The van der Waals surface area contributed by atoms with Crippen LogP contribution in [-0.4, -0.2) is 22.9 Å². The van der Waals surface area contributed by atoms with E-state index >= 15 is 0 Å². The van der Waals surface area contributed by atoms with E-state index < -0.39 is 0 Å². The van der Waals surface area contributed by atoms with Crippen LogP contribution in [0, 0.1) is 19.7 Å². The molecule has 29 heavy (non-hydrogen) atoms. The Morgan fingerprint density at radius 1 is 1.07 bits per heavy atom. The number of hydrogen-bond acceptors (Lipinski definition) is 2. The predicted octanol–water partition coefficient (Wildman–Crippen LogP) is 4.61. The van der Waals surface area contributed by atoms with Crippen molar-refractivity contribution in [2.75, 3.05) is 16.8 Å². The van der Waals surface area contributed by atoms with Gasteiger partial charge in [0.25, 0.3) is 5.91 Å². The molecule has 0 spiro atoms. The number of carbonyl (C=O) groups excluding carboxylic acids is 2. The van der Waals surface area contributed by atoms with Gasteiger partial charge in [-0.1, -0.05) is 18.2 Å². The smallest absolute Gasteiger partial charge is 0.257 e. The first-order valence-electron chi connectivity index (χ1n) is 9.61. The lowest BCUT2D eigenvalue weighted by Gasteiger charge is -2.17. The Morgan fingerprint density at radius 2 is 1.86 bits per heavy atom. The summed E-state index contributed by atoms with van der Waals surface area (Å²) in [6, 6.07) is 15.5. The summed E-state index contributed by atoms with van der Waals surface area (Å²) in [4.78, 5) is 26.6. The molecular formula is C23H22FN3O2. The fourth-order valence-corrected chi connectivity index (χ4v) is 3.87. The molecule has 1 aromatic heterocycles. The topological polar surface area (TPSA) is 54.3 Å². The van der Waals surface area contributed by atoms with Crippen molar-refractivity contribution in [1.29, 1.82) is 0 Å². The fraction of sp³-hybridized carbons (Fsp3) is 0.217. The van der Waals surface area contributed by atoms with E-state index in [1.54, 1.807) is 52.8 Å². The molecule has 3 aromatic rings. The van der Waals surface area contributed by atoms with Crippen LogP contribution in [0.15, 0.2) is 54.6 Å². The molecule has 2 aromatic carbocycles. The third-order valence-corrected chi connectivity index (χ3v) is 5.26. The lowest BCUT2D eigenvalue weighted by molar-refractivity contribution is -0.117. The molecule has 1 aliphatic rings. The summed E-state index contributed by atoms with van der Waals surface area (Å²) in [5.74, 6) is -0.517. The minimum atomic E-state index is -0.343. The highest BCUT2D eigenvalue weighted by Crippen LogP contribution is 2.26. The van der Waals surface area contributed by atoms with Gasteiger partial charge < -0.3 is 14.8 Å². The molecular weight excluding hydrogens is 369 g/mol. The van der Waals surface area contributed by atoms with Gasteiger partial charge >= 0.3 is 0 Å². The number of nitrogens with zero attached hydrogens (tertiary/aromatic N) is 2. The lowest BCUT2D eigenvalue weighted by Crippen LogP contribution is -2.23. The number of halogens is 1. The van der Waals surface area contributed by atoms with Crippen LogP contribution in [0.5, 0.6) is 0 Å². The molecule has 1 fully saturated rings. The van der Waals surface area contributed by atoms with Gasteiger partial charge in [-0.3, -0.25) is 9.59 Å². The molecule has 1 saturated heterocycles. The van der Waals surface area contributed by atoms with Crippen LogP contribution >= 0.6 is 0 Å². The maximum absolute atomic E-state index is 14.3. The first kappa shape index (κ1) is 18.9. The Morgan fingerprint density at radius 3 is 2.59 bits per heavy atom. The third kappa shape index (κ3) is 3.53. The molecule has 5 nitrogen and oxygen atoms in total. The number of para-hydroxylation sites is 1. The maximum atomic E-state index is 14.3. The highest BCUT2D eigenvalue weighted by molar-refractivity contribution is 6.06. The molecule has 1 aliphatic heterocycles. The summed E-state index contributed by atoms with van der Waals surface area (Å²) >= 11 is 0. The maximum Gasteiger partial charge on any atom is 0.257 e. The molecule has 148 valence electrons. The number of hydrogen-bond donors (Lipinski definition) is 1. The number of carbonyl (C=O) groups is 2. The van der Waals surface area contributed by atoms with Gasteiger partial charge in [-0.15, -0.1) is 0 Å². The number of aromatic nitrogens is 1. The van der Waals surface area contributed by atoms with Crippen molar-refractivity contribution in [2.24, 2.45) is 0 Å². The van der Waals surface area contributed by atoms with Gasteiger partial charge in [0.15, 0.2) is 0 Å². The van der Waals surface area contributed by atoms with E-state index in [9.17, 15) is 14.0 Å². The molecule has 0 unspecified atom stereocenters. The standard InChI is InChI=1S/C23H22FN3O2/c1-15-13-19(16(2)27(15)21-10-4-3-9-20(21)24)23(29)25-17-7-5-8-18(14-17)26-12-6-11-22(26)28/h3-5,7-10,13-14H,6,11-12H2,1-2H3,(H,25,29). The second-order valence-corrected chi connectivity index (χ2v) is 7.23. The summed E-state index contributed by atoms with van der Waals surface area (Å²) in [6.07, 6.45) is 1.40. The van der Waals surface area contributed by atoms with Gasteiger partial charge in [-0.05, 0) is 56.7 Å². The number of aryl methyl sites for hydroxylation is 1. The van der Waals surface area contributed by atoms with E-state index in [-0.39, 0.29) is 17.6 Å². The Balaban J connectivity index is 1.61. The van der Waals surface area contributed by atoms with E-state index in [4.69, 9.17) is 0 Å². The lowest BCUT2D eigenvalue weighted by atomic mass is 10.2. The van der Waals surface area contributed by atoms with Crippen LogP contribution < -0.4 is 10.2 Å². The SMILES string of the molecule is Cc1cc(C(=O)Nc2cccc(N3CCCC3=O)c2)c(C)n1-c1ccccc1F. The van der Waals surface area contributed by atoms with Crippen molar-refractivity contribution in [2.45, 2.75) is 26.7 Å². The molecule has 2 heterocycles. The van der Waals surface area contributed by atoms with Gasteiger partial charge in [-0.2, -0.15) is 0 Å². The zero-order chi connectivity index (χ0) is 20.5. The van der Waals surface area contributed by atoms with Crippen molar-refractivity contribution in [3.8, 4) is 5.69 Å². The highest BCUT2D eigenvalue weighted by Gasteiger charge is 2.22. The average Bonchev–Trinajstić information content (AvgIpc) is 3.25. The van der Waals surface area contributed by atoms with E-state index in [0.29, 0.717) is 35.6 Å². The minimum Gasteiger partial charge on any atom is -0.322 e. The first-order chi connectivity index (χ1) is 14.0. The molecule has 4 rings (SSSR count). The van der Waals surface area contributed by atoms with E-state index in [2.05, 4.69) is 5.32 Å². The third-order valence-electron chi connectivity index (χ3n) is 5.26. The second-order valence-electron chi connectivity index (χ2n) is 7.23.